The summed E-state index contributed by atoms with van der Waals surface area (Å²) in [5.74, 6) is -2.26. The molecule has 0 saturated heterocycles. The zero-order valence-corrected chi connectivity index (χ0v) is 10.9. The number of aromatic carboxylic acids is 1. The molecule has 6 heteroatoms. The van der Waals surface area contributed by atoms with E-state index in [-0.39, 0.29) is 23.4 Å². The molecule has 21 heavy (non-hydrogen) atoms. The lowest BCUT2D eigenvalue weighted by atomic mass is 10.1. The van der Waals surface area contributed by atoms with Crippen molar-refractivity contribution in [1.82, 2.24) is 0 Å². The summed E-state index contributed by atoms with van der Waals surface area (Å²) in [5.41, 5.74) is 6.18. The summed E-state index contributed by atoms with van der Waals surface area (Å²) in [6.07, 6.45) is 0. The van der Waals surface area contributed by atoms with Crippen molar-refractivity contribution in [3.63, 3.8) is 0 Å². The second-order valence-corrected chi connectivity index (χ2v) is 4.31. The largest absolute Gasteiger partial charge is 0.478 e. The average Bonchev–Trinajstić information content (AvgIpc) is 2.48. The molecule has 0 radical (unpaired) electrons. The van der Waals surface area contributed by atoms with Crippen LogP contribution in [0.2, 0.25) is 0 Å². The number of rotatable bonds is 4. The number of hydrogen-bond donors (Lipinski definition) is 2. The molecule has 108 valence electrons. The minimum atomic E-state index is -1.03. The fraction of sp³-hybridized carbons (Fsp3) is 0.0667. The number of ether oxygens (including phenoxy) is 1. The number of hydrogen-bond acceptors (Lipinski definition) is 4. The highest BCUT2D eigenvalue weighted by molar-refractivity contribution is 5.90. The van der Waals surface area contributed by atoms with Gasteiger partial charge in [0, 0.05) is 0 Å². The van der Waals surface area contributed by atoms with Crippen molar-refractivity contribution >= 4 is 17.6 Å². The zero-order valence-electron chi connectivity index (χ0n) is 10.9. The van der Waals surface area contributed by atoms with E-state index < -0.39 is 17.8 Å². The lowest BCUT2D eigenvalue weighted by Crippen LogP contribution is -2.06. The Labute approximate surface area is 119 Å². The molecule has 0 atom stereocenters. The summed E-state index contributed by atoms with van der Waals surface area (Å²) in [6, 6.07) is 9.51. The number of carbonyl (C=O) groups excluding carboxylic acids is 1. The Kier molecular flexibility index (Phi) is 4.18. The van der Waals surface area contributed by atoms with E-state index in [1.807, 2.05) is 0 Å². The Bertz CT molecular complexity index is 683. The van der Waals surface area contributed by atoms with Gasteiger partial charge in [-0.05, 0) is 35.9 Å². The SMILES string of the molecule is Nc1cc(C(=O)OCc2ccc(C(=O)O)cc2)ccc1F. The molecule has 0 heterocycles. The van der Waals surface area contributed by atoms with Gasteiger partial charge in [-0.2, -0.15) is 0 Å². The highest BCUT2D eigenvalue weighted by atomic mass is 19.1. The number of carboxylic acids is 1. The molecule has 0 aliphatic heterocycles. The number of nitrogen functional groups attached to an aromatic ring is 1. The van der Waals surface area contributed by atoms with E-state index in [2.05, 4.69) is 0 Å². The van der Waals surface area contributed by atoms with E-state index in [4.69, 9.17) is 15.6 Å². The highest BCUT2D eigenvalue weighted by Crippen LogP contribution is 2.14. The van der Waals surface area contributed by atoms with Crippen LogP contribution in [0.4, 0.5) is 10.1 Å². The van der Waals surface area contributed by atoms with Gasteiger partial charge in [0.1, 0.15) is 12.4 Å². The normalized spacial score (nSPS) is 10.1. The maximum absolute atomic E-state index is 13.0. The first-order valence-corrected chi connectivity index (χ1v) is 6.02. The molecule has 2 aromatic rings. The van der Waals surface area contributed by atoms with Gasteiger partial charge in [0.15, 0.2) is 0 Å². The van der Waals surface area contributed by atoms with Crippen molar-refractivity contribution in [2.75, 3.05) is 5.73 Å². The summed E-state index contributed by atoms with van der Waals surface area (Å²) in [6.45, 7) is -0.0178. The molecule has 0 saturated carbocycles. The van der Waals surface area contributed by atoms with Gasteiger partial charge in [-0.25, -0.2) is 14.0 Å². The Morgan fingerprint density at radius 3 is 2.29 bits per heavy atom. The van der Waals surface area contributed by atoms with E-state index in [1.54, 1.807) is 12.1 Å². The number of carbonyl (C=O) groups is 2. The molecule has 2 rings (SSSR count). The van der Waals surface area contributed by atoms with Gasteiger partial charge < -0.3 is 15.6 Å². The summed E-state index contributed by atoms with van der Waals surface area (Å²) in [4.78, 5) is 22.5. The van der Waals surface area contributed by atoms with Gasteiger partial charge in [-0.1, -0.05) is 12.1 Å². The third kappa shape index (κ3) is 3.56. The highest BCUT2D eigenvalue weighted by Gasteiger charge is 2.10. The van der Waals surface area contributed by atoms with Gasteiger partial charge in [0.05, 0.1) is 16.8 Å². The van der Waals surface area contributed by atoms with Crippen molar-refractivity contribution in [2.24, 2.45) is 0 Å². The van der Waals surface area contributed by atoms with Crippen molar-refractivity contribution in [3.8, 4) is 0 Å². The molecule has 5 nitrogen and oxygen atoms in total. The number of esters is 1. The number of anilines is 1. The first kappa shape index (κ1) is 14.5. The molecular weight excluding hydrogens is 277 g/mol. The summed E-state index contributed by atoms with van der Waals surface area (Å²) in [7, 11) is 0. The van der Waals surface area contributed by atoms with Gasteiger partial charge in [0.2, 0.25) is 0 Å². The maximum atomic E-state index is 13.0. The van der Waals surface area contributed by atoms with E-state index in [1.165, 1.54) is 24.3 Å². The third-order valence-corrected chi connectivity index (χ3v) is 2.80. The number of nitrogens with two attached hydrogens (primary N) is 1. The van der Waals surface area contributed by atoms with E-state index >= 15 is 0 Å². The first-order chi connectivity index (χ1) is 9.97. The maximum Gasteiger partial charge on any atom is 0.338 e. The average molecular weight is 289 g/mol. The zero-order chi connectivity index (χ0) is 15.4. The first-order valence-electron chi connectivity index (χ1n) is 6.02. The molecule has 0 aliphatic carbocycles. The Hall–Kier alpha value is -2.89. The molecule has 0 unspecified atom stereocenters. The summed E-state index contributed by atoms with van der Waals surface area (Å²) < 4.78 is 18.0. The summed E-state index contributed by atoms with van der Waals surface area (Å²) in [5, 5.41) is 8.76. The molecular formula is C15H12FNO4. The number of benzene rings is 2. The molecule has 0 spiro atoms. The monoisotopic (exact) mass is 289 g/mol. The van der Waals surface area contributed by atoms with Crippen LogP contribution < -0.4 is 5.73 Å². The third-order valence-electron chi connectivity index (χ3n) is 2.80. The van der Waals surface area contributed by atoms with E-state index in [0.717, 1.165) is 6.07 Å². The standard InChI is InChI=1S/C15H12FNO4/c16-12-6-5-11(7-13(12)17)15(20)21-8-9-1-3-10(4-2-9)14(18)19/h1-7H,8,17H2,(H,18,19). The minimum absolute atomic E-state index is 0.0178. The van der Waals surface area contributed by atoms with Crippen LogP contribution in [0.3, 0.4) is 0 Å². The lowest BCUT2D eigenvalue weighted by Gasteiger charge is -2.06. The molecule has 0 aliphatic rings. The fourth-order valence-corrected chi connectivity index (χ4v) is 1.65. The molecule has 2 aromatic carbocycles. The predicted molar refractivity (Wildman–Crippen MR) is 73.3 cm³/mol. The topological polar surface area (TPSA) is 89.6 Å². The lowest BCUT2D eigenvalue weighted by molar-refractivity contribution is 0.0472. The van der Waals surface area contributed by atoms with Crippen LogP contribution in [-0.2, 0) is 11.3 Å². The second kappa shape index (κ2) is 6.04. The van der Waals surface area contributed by atoms with Crippen LogP contribution in [0.1, 0.15) is 26.3 Å². The van der Waals surface area contributed by atoms with Gasteiger partial charge in [0.25, 0.3) is 0 Å². The fourth-order valence-electron chi connectivity index (χ4n) is 1.65. The van der Waals surface area contributed by atoms with Crippen LogP contribution in [0.15, 0.2) is 42.5 Å². The smallest absolute Gasteiger partial charge is 0.338 e. The van der Waals surface area contributed by atoms with Crippen LogP contribution in [0.25, 0.3) is 0 Å². The van der Waals surface area contributed by atoms with Crippen molar-refractivity contribution in [3.05, 3.63) is 65.0 Å². The van der Waals surface area contributed by atoms with Gasteiger partial charge in [-0.3, -0.25) is 0 Å². The number of carboxylic acid groups (broad SMARTS) is 1. The second-order valence-electron chi connectivity index (χ2n) is 4.31. The molecule has 0 bridgehead atoms. The van der Waals surface area contributed by atoms with Gasteiger partial charge in [-0.15, -0.1) is 0 Å². The van der Waals surface area contributed by atoms with Crippen molar-refractivity contribution in [2.45, 2.75) is 6.61 Å². The molecule has 0 aromatic heterocycles. The van der Waals surface area contributed by atoms with Crippen molar-refractivity contribution < 1.29 is 23.8 Å². The summed E-state index contributed by atoms with van der Waals surface area (Å²) >= 11 is 0. The minimum Gasteiger partial charge on any atom is -0.478 e. The van der Waals surface area contributed by atoms with Crippen LogP contribution in [-0.4, -0.2) is 17.0 Å². The Morgan fingerprint density at radius 1 is 1.10 bits per heavy atom. The van der Waals surface area contributed by atoms with Crippen LogP contribution in [0.5, 0.6) is 0 Å². The quantitative estimate of drug-likeness (QED) is 0.666. The number of halogens is 1. The van der Waals surface area contributed by atoms with E-state index in [0.29, 0.717) is 5.56 Å². The molecule has 0 fully saturated rings. The molecule has 0 amide bonds. The Morgan fingerprint density at radius 2 is 1.71 bits per heavy atom. The predicted octanol–water partition coefficient (Wildman–Crippen LogP) is 2.46. The van der Waals surface area contributed by atoms with Gasteiger partial charge >= 0.3 is 11.9 Å². The van der Waals surface area contributed by atoms with Crippen LogP contribution >= 0.6 is 0 Å². The van der Waals surface area contributed by atoms with E-state index in [9.17, 15) is 14.0 Å². The van der Waals surface area contributed by atoms with Crippen LogP contribution in [0, 0.1) is 5.82 Å². The molecule has 3 N–H and O–H groups in total. The van der Waals surface area contributed by atoms with Crippen molar-refractivity contribution in [1.29, 1.82) is 0 Å². The Balaban J connectivity index is 2.00.